The van der Waals surface area contributed by atoms with Gasteiger partial charge in [-0.15, -0.1) is 23.1 Å². The lowest BCUT2D eigenvalue weighted by Gasteiger charge is -2.09. The van der Waals surface area contributed by atoms with Crippen LogP contribution < -0.4 is 38.9 Å². The number of fused-ring (bicyclic) bond motifs is 2. The molecule has 13 nitrogen and oxygen atoms in total. The van der Waals surface area contributed by atoms with Crippen LogP contribution in [-0.4, -0.2) is 35.4 Å². The molecule has 1 atom stereocenters. The van der Waals surface area contributed by atoms with Gasteiger partial charge in [0, 0.05) is 50.5 Å². The molecule has 6 rings (SSSR count). The third-order valence-corrected chi connectivity index (χ3v) is 8.82. The molecular weight excluding hydrogens is 703 g/mol. The number of rotatable bonds is 11. The Hall–Kier alpha value is -5.68. The number of hydrogen-bond donors (Lipinski definition) is 9. The highest BCUT2D eigenvalue weighted by atomic mass is 32.2. The van der Waals surface area contributed by atoms with E-state index in [1.165, 1.54) is 16.6 Å². The summed E-state index contributed by atoms with van der Waals surface area (Å²) in [5, 5.41) is 27.8. The summed E-state index contributed by atoms with van der Waals surface area (Å²) in [6, 6.07) is 27.9. The first-order chi connectivity index (χ1) is 24.6. The molecule has 0 aliphatic rings. The lowest BCUT2D eigenvalue weighted by atomic mass is 10.2. The molecule has 6 aromatic rings. The van der Waals surface area contributed by atoms with Gasteiger partial charge < -0.3 is 43.4 Å². The van der Waals surface area contributed by atoms with Crippen LogP contribution >= 0.6 is 23.1 Å². The predicted molar refractivity (Wildman–Crippen MR) is 214 cm³/mol. The van der Waals surface area contributed by atoms with Crippen molar-refractivity contribution in [2.75, 3.05) is 22.2 Å². The van der Waals surface area contributed by atoms with Gasteiger partial charge in [0.2, 0.25) is 0 Å². The van der Waals surface area contributed by atoms with Crippen LogP contribution in [-0.2, 0) is 16.8 Å². The molecule has 0 saturated heterocycles. The maximum atomic E-state index is 9.00. The second-order valence-electron chi connectivity index (χ2n) is 10.6. The Kier molecular flexibility index (Phi) is 14.6. The summed E-state index contributed by atoms with van der Waals surface area (Å²) in [5.41, 5.74) is 28.2. The van der Waals surface area contributed by atoms with E-state index >= 15 is 0 Å². The van der Waals surface area contributed by atoms with Crippen LogP contribution in [0.4, 0.5) is 17.3 Å². The van der Waals surface area contributed by atoms with Gasteiger partial charge in [0.25, 0.3) is 0 Å². The zero-order chi connectivity index (χ0) is 36.6. The molecule has 0 bridgehead atoms. The van der Waals surface area contributed by atoms with Gasteiger partial charge in [-0.1, -0.05) is 59.1 Å². The Bertz CT molecular complexity index is 2130. The quantitative estimate of drug-likeness (QED) is 0.0544. The topological polar surface area (TPSA) is 238 Å². The second-order valence-corrected chi connectivity index (χ2v) is 13.5. The fourth-order valence-corrected chi connectivity index (χ4v) is 6.05. The summed E-state index contributed by atoms with van der Waals surface area (Å²) in [5.74, 6) is 3.18. The van der Waals surface area contributed by atoms with Gasteiger partial charge in [-0.2, -0.15) is 10.2 Å². The zero-order valence-electron chi connectivity index (χ0n) is 27.9. The Morgan fingerprint density at radius 3 is 1.88 bits per heavy atom. The highest BCUT2D eigenvalue weighted by Gasteiger charge is 2.07. The fraction of sp³-hybridized carbons (Fsp3) is 0.0857. The van der Waals surface area contributed by atoms with Crippen molar-refractivity contribution in [3.63, 3.8) is 0 Å². The summed E-state index contributed by atoms with van der Waals surface area (Å²) in [7, 11) is 0. The van der Waals surface area contributed by atoms with Crippen LogP contribution in [0.3, 0.4) is 0 Å². The van der Waals surface area contributed by atoms with Crippen molar-refractivity contribution in [3.8, 4) is 0 Å². The normalized spacial score (nSPS) is 12.8. The Balaban J connectivity index is 0.000000207. The van der Waals surface area contributed by atoms with Crippen molar-refractivity contribution < 1.29 is 8.76 Å². The molecule has 3 heterocycles. The van der Waals surface area contributed by atoms with Gasteiger partial charge in [-0.3, -0.25) is 14.4 Å². The van der Waals surface area contributed by atoms with Gasteiger partial charge in [0.1, 0.15) is 11.6 Å². The van der Waals surface area contributed by atoms with E-state index in [9.17, 15) is 0 Å². The van der Waals surface area contributed by atoms with Crippen molar-refractivity contribution in [1.29, 1.82) is 0 Å². The summed E-state index contributed by atoms with van der Waals surface area (Å²) in [6.45, 7) is 2.04. The molecule has 0 aliphatic heterocycles. The number of nitrogens with one attached hydrogen (secondary N) is 5. The number of nitrogens with zero attached hydrogens (tertiary/aromatic N) is 2. The van der Waals surface area contributed by atoms with Crippen LogP contribution in [0, 0.1) is 6.92 Å². The number of H-pyrrole nitrogens is 2. The number of hydrogen-bond acceptors (Lipinski definition) is 13. The highest BCUT2D eigenvalue weighted by Crippen LogP contribution is 2.26. The van der Waals surface area contributed by atoms with E-state index in [0.717, 1.165) is 44.4 Å². The van der Waals surface area contributed by atoms with E-state index in [0.29, 0.717) is 29.0 Å². The van der Waals surface area contributed by atoms with Crippen LogP contribution in [0.15, 0.2) is 137 Å². The molecule has 0 radical (unpaired) electrons. The van der Waals surface area contributed by atoms with Gasteiger partial charge in [0.05, 0.1) is 16.7 Å². The standard InChI is InChI=1S/C18H20N6.C16H17N5S2.CH4O2S/c1-12-6-8-13(9-7-12)21-14(11-19)10-17(20)22-18-15-4-2-3-5-16(15)23-24-18;17-9-12(23-10-11-4-3-7-22-11)8-15(18)19-16-13-5-1-2-6-14(13)20-21-16;1-4(2)3/h2-11,21H,19-20H2,1H3,(H2,22,23,24);1-9H,10,17-18H2,(H2,19,20,21);1H3,(H,2,3)/p-1/b14-11+,17-10+;12-9+,15-8+;. The first kappa shape index (κ1) is 38.1. The highest BCUT2D eigenvalue weighted by molar-refractivity contribution is 8.02. The lowest BCUT2D eigenvalue weighted by Crippen LogP contribution is -2.12. The minimum atomic E-state index is -1.86. The summed E-state index contributed by atoms with van der Waals surface area (Å²) in [4.78, 5) is 2.20. The van der Waals surface area contributed by atoms with E-state index in [1.807, 2.05) is 91.9 Å². The summed E-state index contributed by atoms with van der Waals surface area (Å²) >= 11 is 1.51. The van der Waals surface area contributed by atoms with Gasteiger partial charge in [-0.05, 0) is 67.1 Å². The number of thiophene rings is 1. The predicted octanol–water partition coefficient (Wildman–Crippen LogP) is 6.06. The third-order valence-electron chi connectivity index (χ3n) is 6.72. The number of anilines is 3. The minimum Gasteiger partial charge on any atom is -0.773 e. The number of thioether (sulfide) groups is 1. The van der Waals surface area contributed by atoms with Crippen molar-refractivity contribution in [1.82, 2.24) is 20.4 Å². The van der Waals surface area contributed by atoms with Crippen LogP contribution in [0.2, 0.25) is 0 Å². The SMILES string of the molecule is CS(=O)[O-].Cc1ccc(NC(/C=C(\N)Nc2n[nH]c3ccccc23)=C/N)cc1.N/C=C(\C=C(/N)Nc1n[nH]c2ccccc12)SCc1cccs1. The summed E-state index contributed by atoms with van der Waals surface area (Å²) in [6.07, 6.45) is 7.66. The van der Waals surface area contributed by atoms with Crippen molar-refractivity contribution in [2.24, 2.45) is 22.9 Å². The molecular formula is C35H40N11O2S3-. The second kappa shape index (κ2) is 19.5. The van der Waals surface area contributed by atoms with E-state index in [-0.39, 0.29) is 0 Å². The number of nitrogens with two attached hydrogens (primary N) is 4. The molecule has 13 N–H and O–H groups in total. The third kappa shape index (κ3) is 12.3. The number of aromatic nitrogens is 4. The molecule has 266 valence electrons. The number of aryl methyl sites for hydroxylation is 1. The molecule has 16 heteroatoms. The van der Waals surface area contributed by atoms with Crippen molar-refractivity contribution in [2.45, 2.75) is 12.7 Å². The van der Waals surface area contributed by atoms with Crippen molar-refractivity contribution in [3.05, 3.63) is 148 Å². The maximum absolute atomic E-state index is 9.00. The first-order valence-corrected chi connectivity index (χ1v) is 18.7. The largest absolute Gasteiger partial charge is 0.773 e. The lowest BCUT2D eigenvalue weighted by molar-refractivity contribution is 0.543. The van der Waals surface area contributed by atoms with Gasteiger partial charge in [0.15, 0.2) is 11.6 Å². The van der Waals surface area contributed by atoms with Crippen LogP contribution in [0.5, 0.6) is 0 Å². The first-order valence-electron chi connectivity index (χ1n) is 15.3. The van der Waals surface area contributed by atoms with E-state index in [4.69, 9.17) is 31.7 Å². The van der Waals surface area contributed by atoms with Gasteiger partial charge in [-0.25, -0.2) is 0 Å². The molecule has 0 fully saturated rings. The number of aromatic amines is 2. The fourth-order valence-electron chi connectivity index (χ4n) is 4.40. The van der Waals surface area contributed by atoms with Crippen LogP contribution in [0.1, 0.15) is 10.4 Å². The van der Waals surface area contributed by atoms with Gasteiger partial charge >= 0.3 is 0 Å². The molecule has 0 spiro atoms. The van der Waals surface area contributed by atoms with E-state index < -0.39 is 11.1 Å². The molecule has 0 amide bonds. The Morgan fingerprint density at radius 2 is 1.37 bits per heavy atom. The Morgan fingerprint density at radius 1 is 0.824 bits per heavy atom. The van der Waals surface area contributed by atoms with E-state index in [2.05, 4.69) is 47.8 Å². The number of benzene rings is 3. The average molecular weight is 743 g/mol. The van der Waals surface area contributed by atoms with Crippen LogP contribution in [0.25, 0.3) is 21.8 Å². The minimum absolute atomic E-state index is 0.434. The maximum Gasteiger partial charge on any atom is 0.161 e. The molecule has 1 unspecified atom stereocenters. The number of allylic oxidation sites excluding steroid dienone is 2. The molecule has 3 aromatic heterocycles. The molecule has 0 aliphatic carbocycles. The monoisotopic (exact) mass is 742 g/mol. The Labute approximate surface area is 306 Å². The summed E-state index contributed by atoms with van der Waals surface area (Å²) < 4.78 is 18.0. The average Bonchev–Trinajstić information content (AvgIpc) is 3.89. The smallest absolute Gasteiger partial charge is 0.161 e. The van der Waals surface area contributed by atoms with Crippen molar-refractivity contribution >= 4 is 73.3 Å². The number of para-hydroxylation sites is 2. The molecule has 0 saturated carbocycles. The van der Waals surface area contributed by atoms with E-state index in [1.54, 1.807) is 35.4 Å². The molecule has 51 heavy (non-hydrogen) atoms. The molecule has 3 aromatic carbocycles. The zero-order valence-corrected chi connectivity index (χ0v) is 30.4.